The van der Waals surface area contributed by atoms with Gasteiger partial charge in [0, 0.05) is 11.8 Å². The smallest absolute Gasteiger partial charge is 0.422 e. The number of hydrogen-bond donors (Lipinski definition) is 0. The maximum Gasteiger partial charge on any atom is 0.422 e. The van der Waals surface area contributed by atoms with Gasteiger partial charge in [-0.2, -0.15) is 22.0 Å². The summed E-state index contributed by atoms with van der Waals surface area (Å²) in [5.41, 5.74) is -1.18. The van der Waals surface area contributed by atoms with Crippen molar-refractivity contribution in [2.45, 2.75) is 234 Å². The van der Waals surface area contributed by atoms with Gasteiger partial charge in [0.15, 0.2) is 59.3 Å². The van der Waals surface area contributed by atoms with E-state index in [0.717, 1.165) is 51.4 Å². The van der Waals surface area contributed by atoms with Gasteiger partial charge in [-0.05, 0) is 226 Å². The van der Waals surface area contributed by atoms with Crippen molar-refractivity contribution in [3.8, 4) is 0 Å². The fraction of sp³-hybridized carbons (Fsp3) is 0.518. The summed E-state index contributed by atoms with van der Waals surface area (Å²) in [4.78, 5) is 66.7. The van der Waals surface area contributed by atoms with Crippen LogP contribution in [0.1, 0.15) is 183 Å². The molecule has 6 aromatic carbocycles. The second-order valence-electron chi connectivity index (χ2n) is 31.1. The van der Waals surface area contributed by atoms with Crippen molar-refractivity contribution in [1.82, 2.24) is 0 Å². The van der Waals surface area contributed by atoms with Gasteiger partial charge in [0.25, 0.3) is 0 Å². The summed E-state index contributed by atoms with van der Waals surface area (Å²) in [5.74, 6) is -1.62. The lowest BCUT2D eigenvalue weighted by Crippen LogP contribution is -2.51. The molecular formula is C85H106F5IO15S4. The zero-order chi connectivity index (χ0) is 81.0. The number of esters is 4. The Morgan fingerprint density at radius 3 is 1.28 bits per heavy atom. The number of aryl methyl sites for hydroxylation is 1. The number of carbonyl (C=O) groups is 5. The number of Topliss-reactive ketones (excluding diaryl/α,β-unsaturated/α-hetero) is 1. The van der Waals surface area contributed by atoms with Gasteiger partial charge >= 0.3 is 35.3 Å². The number of ether oxygens (including phenoxy) is 4. The topological polar surface area (TPSA) is 237 Å². The maximum atomic E-state index is 13.1. The average molecular weight is 1720 g/mol. The van der Waals surface area contributed by atoms with E-state index in [1.165, 1.54) is 67.0 Å². The third-order valence-electron chi connectivity index (χ3n) is 22.4. The van der Waals surface area contributed by atoms with Crippen LogP contribution in [0.4, 0.5) is 22.0 Å². The van der Waals surface area contributed by atoms with Gasteiger partial charge in [-0.15, -0.1) is 0 Å². The zero-order valence-electron chi connectivity index (χ0n) is 64.3. The minimum Gasteiger partial charge on any atom is -0.748 e. The lowest BCUT2D eigenvalue weighted by Gasteiger charge is -2.55. The highest BCUT2D eigenvalue weighted by molar-refractivity contribution is 14.1. The second kappa shape index (κ2) is 39.7. The highest BCUT2D eigenvalue weighted by Gasteiger charge is 2.64. The summed E-state index contributed by atoms with van der Waals surface area (Å²) in [5, 5.41) is -4.56. The molecule has 3 unspecified atom stereocenters. The number of carbonyl (C=O) groups excluding carboxylic acids is 5. The number of fused-ring (bicyclic) bond motifs is 2. The second-order valence-corrected chi connectivity index (χ2v) is 40.4. The van der Waals surface area contributed by atoms with Gasteiger partial charge in [0.1, 0.15) is 14.8 Å². The molecule has 7 aliphatic rings. The molecule has 7 aliphatic carbocycles. The molecule has 3 atom stereocenters. The molecular weight excluding hydrogens is 1610 g/mol. The molecule has 6 aromatic rings. The van der Waals surface area contributed by atoms with E-state index in [4.69, 9.17) is 4.74 Å². The third-order valence-corrected chi connectivity index (χ3v) is 29.7. The number of alkyl halides is 6. The average Bonchev–Trinajstić information content (AvgIpc) is 1.49. The Bertz CT molecular complexity index is 4000. The first-order chi connectivity index (χ1) is 51.6. The predicted octanol–water partition coefficient (Wildman–Crippen LogP) is 19.8. The molecule has 15 nitrogen and oxygen atoms in total. The minimum absolute atomic E-state index is 0.00702. The lowest BCUT2D eigenvalue weighted by atomic mass is 9.49. The largest absolute Gasteiger partial charge is 0.748 e. The van der Waals surface area contributed by atoms with Gasteiger partial charge in [-0.1, -0.05) is 185 Å². The molecule has 0 N–H and O–H groups in total. The zero-order valence-corrected chi connectivity index (χ0v) is 69.8. The van der Waals surface area contributed by atoms with Crippen molar-refractivity contribution < 1.29 is 90.8 Å². The number of ketones is 1. The molecule has 25 heteroatoms. The molecule has 7 fully saturated rings. The van der Waals surface area contributed by atoms with E-state index in [1.54, 1.807) is 13.8 Å². The van der Waals surface area contributed by atoms with E-state index in [-0.39, 0.29) is 55.9 Å². The van der Waals surface area contributed by atoms with E-state index >= 15 is 0 Å². The lowest BCUT2D eigenvalue weighted by molar-refractivity contribution is -0.190. The van der Waals surface area contributed by atoms with Crippen molar-refractivity contribution in [3.63, 3.8) is 0 Å². The SMILES string of the molecule is CC1(C)C2CCC1(CS(=O)(=O)[O-])C(=O)C2.CCC(C)(I)C(=O)OCC(=O)OCC(F)(F)F.CCC1(OC(=O)C(C)(C)CC)CCCCCCC1.Cc1ccc([S+](c2ccccc2)c2ccccc2)cc1.O=C(OCC(F)(F)S(=O)(=O)[O-])C12CC3CC(CC(C3)C1)C2.c1ccc([S+](c2ccccc2)c2ccccc2)cc1. The number of halogens is 6. The van der Waals surface area contributed by atoms with Crippen LogP contribution in [0.2, 0.25) is 0 Å². The third kappa shape index (κ3) is 25.4. The summed E-state index contributed by atoms with van der Waals surface area (Å²) in [6.45, 7) is 13.3. The van der Waals surface area contributed by atoms with Crippen LogP contribution in [0, 0.1) is 52.3 Å². The Hall–Kier alpha value is -6.23. The molecule has 0 spiro atoms. The molecule has 13 rings (SSSR count). The number of hydrogen-bond acceptors (Lipinski definition) is 15. The molecule has 0 saturated heterocycles. The normalized spacial score (nSPS) is 22.1. The van der Waals surface area contributed by atoms with Crippen molar-refractivity contribution in [1.29, 1.82) is 0 Å². The highest BCUT2D eigenvalue weighted by Crippen LogP contribution is 2.64. The molecule has 6 bridgehead atoms. The van der Waals surface area contributed by atoms with E-state index in [0.29, 0.717) is 56.3 Å². The van der Waals surface area contributed by atoms with Crippen molar-refractivity contribution in [2.24, 2.45) is 45.3 Å². The molecule has 0 aromatic heterocycles. The van der Waals surface area contributed by atoms with E-state index in [2.05, 4.69) is 211 Å². The van der Waals surface area contributed by atoms with Crippen LogP contribution in [0.5, 0.6) is 0 Å². The van der Waals surface area contributed by atoms with Crippen LogP contribution in [-0.2, 0) is 84.9 Å². The molecule has 0 aliphatic heterocycles. The first-order valence-corrected chi connectivity index (χ1v) is 44.2. The first-order valence-electron chi connectivity index (χ1n) is 37.7. The van der Waals surface area contributed by atoms with Crippen LogP contribution in [-0.4, -0.2) is 102 Å². The molecule has 0 heterocycles. The Morgan fingerprint density at radius 1 is 0.545 bits per heavy atom. The Morgan fingerprint density at radius 2 is 0.945 bits per heavy atom. The van der Waals surface area contributed by atoms with E-state index in [1.807, 2.05) is 50.3 Å². The Labute approximate surface area is 666 Å². The summed E-state index contributed by atoms with van der Waals surface area (Å²) < 4.78 is 143. The fourth-order valence-electron chi connectivity index (χ4n) is 15.6. The number of benzene rings is 6. The standard InChI is InChI=1S/C19H17S.C18H15S.C16H30O2.C13H18F2O5S.C10H16O4S.C9H12F3IO4/c1-16-12-14-19(15-13-16)20(17-8-4-2-5-9-17)18-10-6-3-7-11-18;1-4-10-16(11-5-1)19(17-12-6-2-7-13-17)18-14-8-3-9-15-18;1-5-15(3,4)14(17)18-16(6-2)12-10-8-7-9-11-13-16;14-13(15,21(17,18)19)7-20-11(16)12-4-8-1-9(5-12)3-10(2-8)6-12;1-9(2)7-3-4-10(9,8(11)5-7)6-15(12,13)14;1-3-8(2,13)7(15)16-4-6(14)17-5-9(10,11)12/h2-15H,1H3;1-15H;5-13H2,1-4H3;8-10H,1-7H2,(H,17,18,19);7H,3-6H2,1-2H3,(H,12,13,14);3-5H2,1-2H3/q2*+1;;;;/p-2. The Balaban J connectivity index is 0.000000184. The van der Waals surface area contributed by atoms with Crippen molar-refractivity contribution in [3.05, 3.63) is 181 Å². The van der Waals surface area contributed by atoms with E-state index < -0.39 is 89.4 Å². The molecule has 602 valence electrons. The number of rotatable bonds is 21. The highest BCUT2D eigenvalue weighted by atomic mass is 127. The van der Waals surface area contributed by atoms with Gasteiger partial charge in [-0.25, -0.2) is 21.6 Å². The Kier molecular flexibility index (Phi) is 32.8. The van der Waals surface area contributed by atoms with Gasteiger partial charge in [0.05, 0.1) is 48.5 Å². The minimum atomic E-state index is -5.81. The predicted molar refractivity (Wildman–Crippen MR) is 423 cm³/mol. The molecule has 110 heavy (non-hydrogen) atoms. The van der Waals surface area contributed by atoms with Gasteiger partial charge < -0.3 is 28.1 Å². The van der Waals surface area contributed by atoms with Gasteiger partial charge in [-0.3, -0.25) is 19.2 Å². The van der Waals surface area contributed by atoms with Gasteiger partial charge in [0.2, 0.25) is 0 Å². The van der Waals surface area contributed by atoms with Crippen LogP contribution < -0.4 is 0 Å². The maximum absolute atomic E-state index is 13.1. The molecule has 7 saturated carbocycles. The summed E-state index contributed by atoms with van der Waals surface area (Å²) >= 11 is 1.84. The quantitative estimate of drug-likeness (QED) is 0.0124. The summed E-state index contributed by atoms with van der Waals surface area (Å²) in [6, 6.07) is 62.5. The van der Waals surface area contributed by atoms with Crippen LogP contribution in [0.15, 0.2) is 205 Å². The molecule has 0 amide bonds. The van der Waals surface area contributed by atoms with Crippen LogP contribution in [0.3, 0.4) is 0 Å². The fourth-order valence-corrected chi connectivity index (χ4v) is 21.4. The van der Waals surface area contributed by atoms with Crippen LogP contribution in [0.25, 0.3) is 0 Å². The molecule has 0 radical (unpaired) electrons. The summed E-state index contributed by atoms with van der Waals surface area (Å²) in [7, 11) is -10.2. The first kappa shape index (κ1) is 91.0. The van der Waals surface area contributed by atoms with Crippen molar-refractivity contribution >= 4 is 94.3 Å². The summed E-state index contributed by atoms with van der Waals surface area (Å²) in [6.07, 6.45) is 13.1. The van der Waals surface area contributed by atoms with Crippen LogP contribution >= 0.6 is 22.6 Å². The monoisotopic (exact) mass is 1720 g/mol. The van der Waals surface area contributed by atoms with Crippen molar-refractivity contribution in [2.75, 3.05) is 25.6 Å². The van der Waals surface area contributed by atoms with E-state index in [9.17, 15) is 71.9 Å².